The fraction of sp³-hybridized carbons (Fsp3) is 0.636. The molecule has 0 unspecified atom stereocenters. The largest absolute Gasteiger partial charge is 0.394 e. The lowest BCUT2D eigenvalue weighted by Crippen LogP contribution is -2.55. The van der Waals surface area contributed by atoms with Crippen LogP contribution in [-0.2, 0) is 4.74 Å². The van der Waals surface area contributed by atoms with Crippen molar-refractivity contribution in [2.45, 2.75) is 37.4 Å². The number of aromatic nitrogens is 2. The quantitative estimate of drug-likeness (QED) is 0.336. The molecule has 1 fully saturated rings. The van der Waals surface area contributed by atoms with Gasteiger partial charge in [-0.05, 0) is 6.92 Å². The van der Waals surface area contributed by atoms with Gasteiger partial charge in [-0.15, -0.1) is 0 Å². The zero-order chi connectivity index (χ0) is 15.0. The number of aliphatic hydroxyl groups is 4. The first kappa shape index (κ1) is 14.9. The topological polar surface area (TPSA) is 156 Å². The first-order valence-corrected chi connectivity index (χ1v) is 6.00. The molecule has 20 heavy (non-hydrogen) atoms. The molecular weight excluding hydrogens is 272 g/mol. The van der Waals surface area contributed by atoms with E-state index in [1.165, 1.54) is 6.92 Å². The van der Waals surface area contributed by atoms with Crippen molar-refractivity contribution in [3.05, 3.63) is 32.1 Å². The standard InChI is InChI=1S/C11H16N2O7/c1-3-5(12-11(19)13-10(3)18)9-8(17)7(16)6(15)4(2-14)20-9/h4,6-9,14-17H,2H2,1H3,(H2,12,13,18,19)/t4-,6-,7+,8+,9+/m1/s1. The minimum Gasteiger partial charge on any atom is -0.394 e. The molecule has 1 aliphatic heterocycles. The molecule has 0 amide bonds. The van der Waals surface area contributed by atoms with Crippen LogP contribution in [0.4, 0.5) is 0 Å². The molecule has 9 heteroatoms. The third-order valence-corrected chi connectivity index (χ3v) is 3.40. The van der Waals surface area contributed by atoms with Crippen LogP contribution in [0, 0.1) is 6.92 Å². The van der Waals surface area contributed by atoms with Gasteiger partial charge in [-0.1, -0.05) is 0 Å². The molecule has 0 aliphatic carbocycles. The Bertz CT molecular complexity index is 593. The zero-order valence-corrected chi connectivity index (χ0v) is 10.6. The summed E-state index contributed by atoms with van der Waals surface area (Å²) >= 11 is 0. The van der Waals surface area contributed by atoms with Gasteiger partial charge in [-0.3, -0.25) is 9.78 Å². The van der Waals surface area contributed by atoms with Crippen LogP contribution in [0.2, 0.25) is 0 Å². The number of hydrogen-bond donors (Lipinski definition) is 6. The molecule has 2 rings (SSSR count). The average molecular weight is 288 g/mol. The molecule has 5 atom stereocenters. The normalized spacial score (nSPS) is 34.1. The van der Waals surface area contributed by atoms with E-state index in [0.717, 1.165) is 0 Å². The highest BCUT2D eigenvalue weighted by atomic mass is 16.5. The average Bonchev–Trinajstić information content (AvgIpc) is 2.41. The summed E-state index contributed by atoms with van der Waals surface area (Å²) in [5.74, 6) is 0. The van der Waals surface area contributed by atoms with E-state index in [9.17, 15) is 24.9 Å². The Balaban J connectivity index is 2.46. The number of rotatable bonds is 2. The highest BCUT2D eigenvalue weighted by Gasteiger charge is 2.44. The maximum atomic E-state index is 11.5. The van der Waals surface area contributed by atoms with Crippen LogP contribution < -0.4 is 11.2 Å². The highest BCUT2D eigenvalue weighted by Crippen LogP contribution is 2.31. The van der Waals surface area contributed by atoms with Crippen molar-refractivity contribution in [2.24, 2.45) is 0 Å². The summed E-state index contributed by atoms with van der Waals surface area (Å²) in [4.78, 5) is 27.2. The van der Waals surface area contributed by atoms with Gasteiger partial charge in [0.1, 0.15) is 30.5 Å². The van der Waals surface area contributed by atoms with Crippen LogP contribution in [0.1, 0.15) is 17.4 Å². The molecule has 1 aromatic heterocycles. The maximum absolute atomic E-state index is 11.5. The van der Waals surface area contributed by atoms with Crippen molar-refractivity contribution < 1.29 is 25.2 Å². The van der Waals surface area contributed by atoms with Gasteiger partial charge in [-0.2, -0.15) is 0 Å². The van der Waals surface area contributed by atoms with E-state index in [0.29, 0.717) is 0 Å². The van der Waals surface area contributed by atoms with Crippen molar-refractivity contribution in [1.82, 2.24) is 9.97 Å². The number of ether oxygens (including phenoxy) is 1. The lowest BCUT2D eigenvalue weighted by atomic mass is 9.92. The number of aromatic amines is 2. The van der Waals surface area contributed by atoms with E-state index in [1.807, 2.05) is 4.98 Å². The van der Waals surface area contributed by atoms with Crippen molar-refractivity contribution in [3.8, 4) is 0 Å². The molecule has 0 spiro atoms. The van der Waals surface area contributed by atoms with Gasteiger partial charge in [0.15, 0.2) is 0 Å². The van der Waals surface area contributed by atoms with Crippen LogP contribution in [0.5, 0.6) is 0 Å². The first-order chi connectivity index (χ1) is 9.36. The molecule has 0 radical (unpaired) electrons. The van der Waals surface area contributed by atoms with Crippen LogP contribution in [0.3, 0.4) is 0 Å². The summed E-state index contributed by atoms with van der Waals surface area (Å²) in [6, 6.07) is 0. The Labute approximate surface area is 112 Å². The first-order valence-electron chi connectivity index (χ1n) is 6.00. The summed E-state index contributed by atoms with van der Waals surface area (Å²) in [5, 5.41) is 38.4. The van der Waals surface area contributed by atoms with Gasteiger partial charge < -0.3 is 30.1 Å². The number of nitrogens with one attached hydrogen (secondary N) is 2. The number of aliphatic hydroxyl groups excluding tert-OH is 4. The molecule has 1 saturated heterocycles. The molecule has 1 aromatic rings. The van der Waals surface area contributed by atoms with E-state index >= 15 is 0 Å². The second-order valence-corrected chi connectivity index (χ2v) is 4.70. The molecule has 2 heterocycles. The van der Waals surface area contributed by atoms with Gasteiger partial charge in [0.25, 0.3) is 5.56 Å². The number of hydrogen-bond acceptors (Lipinski definition) is 7. The van der Waals surface area contributed by atoms with Crippen LogP contribution in [0.15, 0.2) is 9.59 Å². The van der Waals surface area contributed by atoms with Crippen molar-refractivity contribution in [3.63, 3.8) is 0 Å². The van der Waals surface area contributed by atoms with Crippen LogP contribution in [-0.4, -0.2) is 61.4 Å². The van der Waals surface area contributed by atoms with Gasteiger partial charge in [-0.25, -0.2) is 4.79 Å². The number of H-pyrrole nitrogens is 2. The molecule has 0 aromatic carbocycles. The summed E-state index contributed by atoms with van der Waals surface area (Å²) in [6.07, 6.45) is -6.97. The molecule has 9 nitrogen and oxygen atoms in total. The Morgan fingerprint density at radius 3 is 2.35 bits per heavy atom. The minimum atomic E-state index is -1.58. The Morgan fingerprint density at radius 2 is 1.75 bits per heavy atom. The van der Waals surface area contributed by atoms with Gasteiger partial charge in [0.05, 0.1) is 12.3 Å². The van der Waals surface area contributed by atoms with E-state index in [1.54, 1.807) is 0 Å². The lowest BCUT2D eigenvalue weighted by molar-refractivity contribution is -0.232. The molecule has 0 saturated carbocycles. The fourth-order valence-electron chi connectivity index (χ4n) is 2.19. The third-order valence-electron chi connectivity index (χ3n) is 3.40. The second kappa shape index (κ2) is 5.46. The molecule has 1 aliphatic rings. The van der Waals surface area contributed by atoms with E-state index in [-0.39, 0.29) is 11.3 Å². The minimum absolute atomic E-state index is 0.00403. The SMILES string of the molecule is Cc1c([C@@H]2O[C@H](CO)[C@@H](O)[C@H](O)[C@@H]2O)[nH]c(=O)[nH]c1=O. The van der Waals surface area contributed by atoms with E-state index in [4.69, 9.17) is 9.84 Å². The van der Waals surface area contributed by atoms with Gasteiger partial charge >= 0.3 is 5.69 Å². The monoisotopic (exact) mass is 288 g/mol. The molecule has 0 bridgehead atoms. The Kier molecular flexibility index (Phi) is 4.06. The fourth-order valence-corrected chi connectivity index (χ4v) is 2.19. The zero-order valence-electron chi connectivity index (χ0n) is 10.6. The summed E-state index contributed by atoms with van der Waals surface area (Å²) in [6.45, 7) is 0.819. The predicted octanol–water partition coefficient (Wildman–Crippen LogP) is -3.11. The summed E-state index contributed by atoms with van der Waals surface area (Å²) < 4.78 is 5.27. The van der Waals surface area contributed by atoms with Crippen LogP contribution >= 0.6 is 0 Å². The smallest absolute Gasteiger partial charge is 0.325 e. The predicted molar refractivity (Wildman–Crippen MR) is 65.1 cm³/mol. The van der Waals surface area contributed by atoms with Crippen molar-refractivity contribution in [1.29, 1.82) is 0 Å². The van der Waals surface area contributed by atoms with Gasteiger partial charge in [0.2, 0.25) is 0 Å². The lowest BCUT2D eigenvalue weighted by Gasteiger charge is -2.40. The summed E-state index contributed by atoms with van der Waals surface area (Å²) in [5.41, 5.74) is -1.34. The highest BCUT2D eigenvalue weighted by molar-refractivity contribution is 5.19. The summed E-state index contributed by atoms with van der Waals surface area (Å²) in [7, 11) is 0. The molecular formula is C11H16N2O7. The molecule has 112 valence electrons. The van der Waals surface area contributed by atoms with E-state index in [2.05, 4.69) is 4.98 Å². The van der Waals surface area contributed by atoms with Crippen molar-refractivity contribution in [2.75, 3.05) is 6.61 Å². The maximum Gasteiger partial charge on any atom is 0.325 e. The Morgan fingerprint density at radius 1 is 1.10 bits per heavy atom. The Hall–Kier alpha value is -1.52. The van der Waals surface area contributed by atoms with Crippen LogP contribution in [0.25, 0.3) is 0 Å². The molecule has 6 N–H and O–H groups in total. The van der Waals surface area contributed by atoms with E-state index < -0.39 is 48.4 Å². The van der Waals surface area contributed by atoms with Gasteiger partial charge in [0, 0.05) is 5.56 Å². The third kappa shape index (κ3) is 2.41. The van der Waals surface area contributed by atoms with Crippen molar-refractivity contribution >= 4 is 0 Å². The second-order valence-electron chi connectivity index (χ2n) is 4.70.